The number of aliphatic hydroxyl groups is 1. The van der Waals surface area contributed by atoms with Gasteiger partial charge in [-0.05, 0) is 33.1 Å². The number of amides is 1. The van der Waals surface area contributed by atoms with Gasteiger partial charge in [0.15, 0.2) is 0 Å². The zero-order valence-corrected chi connectivity index (χ0v) is 10.5. The number of hydrogen-bond acceptors (Lipinski definition) is 3. The summed E-state index contributed by atoms with van der Waals surface area (Å²) in [5, 5.41) is 8.84. The first kappa shape index (κ1) is 13.5. The lowest BCUT2D eigenvalue weighted by Gasteiger charge is -2.41. The van der Waals surface area contributed by atoms with Crippen LogP contribution in [0.15, 0.2) is 0 Å². The highest BCUT2D eigenvalue weighted by Crippen LogP contribution is 2.27. The Hall–Kier alpha value is -0.610. The molecule has 1 saturated heterocycles. The van der Waals surface area contributed by atoms with Crippen molar-refractivity contribution < 1.29 is 14.6 Å². The number of carbonyl (C=O) groups is 1. The molecule has 0 aromatic heterocycles. The smallest absolute Gasteiger partial charge is 0.219 e. The molecule has 1 heterocycles. The van der Waals surface area contributed by atoms with Crippen molar-refractivity contribution in [3.05, 3.63) is 0 Å². The molecule has 1 atom stereocenters. The maximum atomic E-state index is 11.6. The van der Waals surface area contributed by atoms with Crippen molar-refractivity contribution in [3.8, 4) is 0 Å². The molecule has 0 radical (unpaired) electrons. The largest absolute Gasteiger partial charge is 0.396 e. The summed E-state index contributed by atoms with van der Waals surface area (Å²) in [5.41, 5.74) is -0.143. The van der Waals surface area contributed by atoms with Gasteiger partial charge in [0.05, 0.1) is 5.60 Å². The Balaban J connectivity index is 2.59. The van der Waals surface area contributed by atoms with E-state index in [9.17, 15) is 4.79 Å². The van der Waals surface area contributed by atoms with Crippen LogP contribution in [0.1, 0.15) is 40.0 Å². The number of aliphatic hydroxyl groups excluding tert-OH is 1. The van der Waals surface area contributed by atoms with E-state index in [0.29, 0.717) is 19.6 Å². The molecule has 0 aromatic carbocycles. The predicted molar refractivity (Wildman–Crippen MR) is 62.1 cm³/mol. The normalized spacial score (nSPS) is 24.1. The van der Waals surface area contributed by atoms with E-state index in [2.05, 4.69) is 13.8 Å². The maximum absolute atomic E-state index is 11.6. The zero-order chi connectivity index (χ0) is 12.2. The molecule has 0 aromatic rings. The lowest BCUT2D eigenvalue weighted by Crippen LogP contribution is -2.48. The number of rotatable bonds is 4. The van der Waals surface area contributed by atoms with Crippen LogP contribution in [0.5, 0.6) is 0 Å². The van der Waals surface area contributed by atoms with Crippen LogP contribution in [0, 0.1) is 0 Å². The quantitative estimate of drug-likeness (QED) is 0.787. The van der Waals surface area contributed by atoms with E-state index in [1.807, 2.05) is 4.90 Å². The number of ether oxygens (including phenoxy) is 1. The average molecular weight is 229 g/mol. The van der Waals surface area contributed by atoms with E-state index in [-0.39, 0.29) is 24.2 Å². The van der Waals surface area contributed by atoms with E-state index in [1.165, 1.54) is 0 Å². The van der Waals surface area contributed by atoms with E-state index in [1.54, 1.807) is 6.92 Å². The van der Waals surface area contributed by atoms with Crippen molar-refractivity contribution in [1.82, 2.24) is 4.90 Å². The lowest BCUT2D eigenvalue weighted by molar-refractivity contribution is -0.138. The molecule has 1 fully saturated rings. The summed E-state index contributed by atoms with van der Waals surface area (Å²) in [7, 11) is 0. The Labute approximate surface area is 97.6 Å². The predicted octanol–water partition coefficient (Wildman–Crippen LogP) is 1.17. The van der Waals surface area contributed by atoms with Gasteiger partial charge >= 0.3 is 0 Å². The lowest BCUT2D eigenvalue weighted by atomic mass is 9.92. The van der Waals surface area contributed by atoms with Gasteiger partial charge in [-0.25, -0.2) is 0 Å². The third-order valence-electron chi connectivity index (χ3n) is 3.07. The van der Waals surface area contributed by atoms with Gasteiger partial charge < -0.3 is 14.7 Å². The Morgan fingerprint density at radius 2 is 2.25 bits per heavy atom. The van der Waals surface area contributed by atoms with E-state index >= 15 is 0 Å². The highest BCUT2D eigenvalue weighted by molar-refractivity contribution is 5.73. The summed E-state index contributed by atoms with van der Waals surface area (Å²) in [5.74, 6) is 0.0937. The molecule has 1 amide bonds. The highest BCUT2D eigenvalue weighted by Gasteiger charge is 2.32. The topological polar surface area (TPSA) is 49.8 Å². The van der Waals surface area contributed by atoms with Crippen molar-refractivity contribution in [1.29, 1.82) is 0 Å². The molecular formula is C12H23NO3. The minimum atomic E-state index is -0.143. The van der Waals surface area contributed by atoms with Gasteiger partial charge in [0.2, 0.25) is 5.91 Å². The molecular weight excluding hydrogens is 206 g/mol. The minimum Gasteiger partial charge on any atom is -0.396 e. The van der Waals surface area contributed by atoms with Crippen LogP contribution in [-0.4, -0.2) is 47.3 Å². The molecule has 94 valence electrons. The molecule has 0 aliphatic carbocycles. The molecule has 16 heavy (non-hydrogen) atoms. The monoisotopic (exact) mass is 229 g/mol. The van der Waals surface area contributed by atoms with Crippen LogP contribution in [-0.2, 0) is 9.53 Å². The van der Waals surface area contributed by atoms with Crippen LogP contribution in [0.25, 0.3) is 0 Å². The standard InChI is InChI=1S/C12H23NO3/c1-10(15)13(6-4-7-14)11-5-8-16-12(2,3)9-11/h11,14H,4-9H2,1-3H3/t11-/m0/s1. The average Bonchev–Trinajstić information content (AvgIpc) is 2.16. The summed E-state index contributed by atoms with van der Waals surface area (Å²) in [4.78, 5) is 13.4. The van der Waals surface area contributed by atoms with Crippen LogP contribution in [0.4, 0.5) is 0 Å². The Bertz CT molecular complexity index is 240. The fraction of sp³-hybridized carbons (Fsp3) is 0.917. The molecule has 1 rings (SSSR count). The minimum absolute atomic E-state index is 0.0937. The van der Waals surface area contributed by atoms with Crippen molar-refractivity contribution in [2.45, 2.75) is 51.7 Å². The molecule has 0 saturated carbocycles. The zero-order valence-electron chi connectivity index (χ0n) is 10.5. The van der Waals surface area contributed by atoms with Gasteiger partial charge in [0, 0.05) is 32.7 Å². The molecule has 1 aliphatic heterocycles. The van der Waals surface area contributed by atoms with Crippen LogP contribution in [0.3, 0.4) is 0 Å². The van der Waals surface area contributed by atoms with Gasteiger partial charge in [0.1, 0.15) is 0 Å². The summed E-state index contributed by atoms with van der Waals surface area (Å²) in [6.45, 7) is 7.20. The highest BCUT2D eigenvalue weighted by atomic mass is 16.5. The van der Waals surface area contributed by atoms with E-state index < -0.39 is 0 Å². The second kappa shape index (κ2) is 5.64. The molecule has 1 N–H and O–H groups in total. The van der Waals surface area contributed by atoms with E-state index in [0.717, 1.165) is 12.8 Å². The Morgan fingerprint density at radius 3 is 2.75 bits per heavy atom. The second-order valence-electron chi connectivity index (χ2n) is 5.04. The molecule has 4 heteroatoms. The van der Waals surface area contributed by atoms with Gasteiger partial charge in [-0.1, -0.05) is 0 Å². The van der Waals surface area contributed by atoms with Gasteiger partial charge in [-0.15, -0.1) is 0 Å². The van der Waals surface area contributed by atoms with Gasteiger partial charge in [0.25, 0.3) is 0 Å². The summed E-state index contributed by atoms with van der Waals surface area (Å²) < 4.78 is 5.64. The molecule has 0 unspecified atom stereocenters. The Kier molecular flexibility index (Phi) is 4.74. The Morgan fingerprint density at radius 1 is 1.56 bits per heavy atom. The number of carbonyl (C=O) groups excluding carboxylic acids is 1. The van der Waals surface area contributed by atoms with Crippen LogP contribution >= 0.6 is 0 Å². The first-order valence-electron chi connectivity index (χ1n) is 5.98. The van der Waals surface area contributed by atoms with Gasteiger partial charge in [-0.2, -0.15) is 0 Å². The van der Waals surface area contributed by atoms with Crippen LogP contribution in [0.2, 0.25) is 0 Å². The van der Waals surface area contributed by atoms with Gasteiger partial charge in [-0.3, -0.25) is 4.79 Å². The summed E-state index contributed by atoms with van der Waals surface area (Å²) in [6, 6.07) is 0.257. The van der Waals surface area contributed by atoms with Crippen molar-refractivity contribution in [2.24, 2.45) is 0 Å². The molecule has 1 aliphatic rings. The molecule has 4 nitrogen and oxygen atoms in total. The fourth-order valence-electron chi connectivity index (χ4n) is 2.30. The first-order chi connectivity index (χ1) is 7.46. The maximum Gasteiger partial charge on any atom is 0.219 e. The van der Waals surface area contributed by atoms with Crippen molar-refractivity contribution in [3.63, 3.8) is 0 Å². The van der Waals surface area contributed by atoms with Crippen molar-refractivity contribution >= 4 is 5.91 Å². The molecule has 0 spiro atoms. The fourth-order valence-corrected chi connectivity index (χ4v) is 2.30. The van der Waals surface area contributed by atoms with E-state index in [4.69, 9.17) is 9.84 Å². The van der Waals surface area contributed by atoms with Crippen LogP contribution < -0.4 is 0 Å². The van der Waals surface area contributed by atoms with Crippen molar-refractivity contribution in [2.75, 3.05) is 19.8 Å². The summed E-state index contributed by atoms with van der Waals surface area (Å²) in [6.07, 6.45) is 2.42. The number of hydrogen-bond donors (Lipinski definition) is 1. The third kappa shape index (κ3) is 3.76. The SMILES string of the molecule is CC(=O)N(CCCO)[C@H]1CCOC(C)(C)C1. The third-order valence-corrected chi connectivity index (χ3v) is 3.07. The summed E-state index contributed by atoms with van der Waals surface area (Å²) >= 11 is 0. The molecule has 0 bridgehead atoms. The second-order valence-corrected chi connectivity index (χ2v) is 5.04. The number of nitrogens with zero attached hydrogens (tertiary/aromatic N) is 1. The first-order valence-corrected chi connectivity index (χ1v) is 5.98.